The smallest absolute Gasteiger partial charge is 0.344 e. The Morgan fingerprint density at radius 1 is 1.04 bits per heavy atom. The van der Waals surface area contributed by atoms with E-state index in [0.29, 0.717) is 12.8 Å². The Hall–Kier alpha value is -3.16. The monoisotopic (exact) mass is 389 g/mol. The van der Waals surface area contributed by atoms with Crippen LogP contribution in [0.5, 0.6) is 0 Å². The normalized spacial score (nSPS) is 11.6. The molecule has 0 bridgehead atoms. The number of hydrogen-bond acceptors (Lipinski definition) is 7. The van der Waals surface area contributed by atoms with Crippen molar-refractivity contribution in [1.29, 1.82) is 0 Å². The Labute approximate surface area is 162 Å². The minimum absolute atomic E-state index is 0.0532. The third-order valence-electron chi connectivity index (χ3n) is 4.20. The first-order chi connectivity index (χ1) is 13.4. The summed E-state index contributed by atoms with van der Waals surface area (Å²) in [6.07, 6.45) is 0.799. The van der Waals surface area contributed by atoms with E-state index < -0.39 is 29.6 Å². The molecule has 2 aromatic carbocycles. The summed E-state index contributed by atoms with van der Waals surface area (Å²) in [4.78, 5) is 38.0. The highest BCUT2D eigenvalue weighted by Crippen LogP contribution is 2.23. The summed E-state index contributed by atoms with van der Waals surface area (Å²) in [5.41, 5.74) is 1.94. The number of esters is 2. The van der Waals surface area contributed by atoms with Crippen LogP contribution in [0.4, 0.5) is 0 Å². The van der Waals surface area contributed by atoms with Crippen LogP contribution in [0.3, 0.4) is 0 Å². The highest BCUT2D eigenvalue weighted by atomic mass is 16.9. The van der Waals surface area contributed by atoms with Gasteiger partial charge in [-0.15, -0.1) is 10.1 Å². The number of aryl methyl sites for hydroxylation is 1. The van der Waals surface area contributed by atoms with Crippen LogP contribution in [0, 0.1) is 17.0 Å². The summed E-state index contributed by atoms with van der Waals surface area (Å²) in [5, 5.41) is 11.2. The molecule has 0 aliphatic heterocycles. The zero-order valence-electron chi connectivity index (χ0n) is 15.9. The lowest BCUT2D eigenvalue weighted by Crippen LogP contribution is -2.20. The second-order valence-electron chi connectivity index (χ2n) is 6.42. The molecule has 0 aromatic heterocycles. The van der Waals surface area contributed by atoms with Gasteiger partial charge in [-0.1, -0.05) is 42.0 Å². The molecule has 0 saturated carbocycles. The molecule has 0 saturated heterocycles. The molecule has 0 heterocycles. The Bertz CT molecular complexity index is 850. The second kappa shape index (κ2) is 10.2. The van der Waals surface area contributed by atoms with Gasteiger partial charge in [0.15, 0.2) is 6.61 Å². The predicted molar refractivity (Wildman–Crippen MR) is 101 cm³/mol. The molecule has 8 nitrogen and oxygen atoms in total. The van der Waals surface area contributed by atoms with Crippen molar-refractivity contribution >= 4 is 22.7 Å². The maximum Gasteiger partial charge on any atom is 0.344 e. The number of rotatable bonds is 10. The second-order valence-corrected chi connectivity index (χ2v) is 6.42. The summed E-state index contributed by atoms with van der Waals surface area (Å²) < 4.78 is 9.95. The van der Waals surface area contributed by atoms with E-state index in [1.165, 1.54) is 0 Å². The number of hydrogen-bond donors (Lipinski definition) is 0. The molecule has 0 aliphatic rings. The fraction of sp³-hybridized carbons (Fsp3) is 0.400. The Morgan fingerprint density at radius 3 is 2.50 bits per heavy atom. The highest BCUT2D eigenvalue weighted by molar-refractivity contribution is 5.86. The molecule has 0 fully saturated rings. The van der Waals surface area contributed by atoms with Crippen LogP contribution in [0.1, 0.15) is 36.8 Å². The van der Waals surface area contributed by atoms with Crippen LogP contribution in [-0.4, -0.2) is 36.8 Å². The lowest BCUT2D eigenvalue weighted by Gasteiger charge is -2.13. The molecule has 0 radical (unpaired) electrons. The molecule has 0 aliphatic carbocycles. The minimum Gasteiger partial charge on any atom is -0.463 e. The van der Waals surface area contributed by atoms with Gasteiger partial charge in [0.25, 0.3) is 5.09 Å². The molecule has 150 valence electrons. The van der Waals surface area contributed by atoms with Gasteiger partial charge in [0, 0.05) is 0 Å². The third-order valence-corrected chi connectivity index (χ3v) is 4.20. The fourth-order valence-corrected chi connectivity index (χ4v) is 2.62. The minimum atomic E-state index is -0.872. The lowest BCUT2D eigenvalue weighted by molar-refractivity contribution is -0.757. The van der Waals surface area contributed by atoms with Gasteiger partial charge in [-0.3, -0.25) is 4.79 Å². The van der Waals surface area contributed by atoms with E-state index in [1.807, 2.05) is 43.3 Å². The van der Waals surface area contributed by atoms with Crippen molar-refractivity contribution in [1.82, 2.24) is 0 Å². The van der Waals surface area contributed by atoms with Crippen molar-refractivity contribution in [3.05, 3.63) is 57.6 Å². The number of carbonyl (C=O) groups excluding carboxylic acids is 2. The molecule has 1 atom stereocenters. The number of nitrogens with zero attached hydrogens (tertiary/aromatic N) is 1. The van der Waals surface area contributed by atoms with Crippen molar-refractivity contribution in [3.8, 4) is 0 Å². The first kappa shape index (κ1) is 21.1. The van der Waals surface area contributed by atoms with E-state index in [0.717, 1.165) is 21.9 Å². The summed E-state index contributed by atoms with van der Waals surface area (Å²) in [6, 6.07) is 11.9. The molecule has 0 N–H and O–H groups in total. The molecular formula is C20H23NO7. The van der Waals surface area contributed by atoms with Gasteiger partial charge < -0.3 is 14.3 Å². The number of unbranched alkanes of at least 4 members (excludes halogenated alkanes) is 1. The Kier molecular flexibility index (Phi) is 7.74. The van der Waals surface area contributed by atoms with Gasteiger partial charge in [0.05, 0.1) is 19.1 Å². The Morgan fingerprint density at radius 2 is 1.75 bits per heavy atom. The van der Waals surface area contributed by atoms with Crippen LogP contribution in [0.25, 0.3) is 10.8 Å². The van der Waals surface area contributed by atoms with Gasteiger partial charge in [0.2, 0.25) is 0 Å². The summed E-state index contributed by atoms with van der Waals surface area (Å²) in [7, 11) is 0. The van der Waals surface area contributed by atoms with Crippen LogP contribution in [0.2, 0.25) is 0 Å². The largest absolute Gasteiger partial charge is 0.463 e. The first-order valence-corrected chi connectivity index (χ1v) is 8.96. The molecule has 8 heteroatoms. The molecule has 0 spiro atoms. The van der Waals surface area contributed by atoms with Gasteiger partial charge in [-0.05, 0) is 43.0 Å². The number of fused-ring (bicyclic) bond motifs is 1. The molecule has 28 heavy (non-hydrogen) atoms. The highest BCUT2D eigenvalue weighted by Gasteiger charge is 2.18. The number of carbonyl (C=O) groups is 2. The first-order valence-electron chi connectivity index (χ1n) is 8.96. The SMILES string of the molecule is Cc1ccc2ccc(C(C)C(=O)OCC(=O)OCCCCO[N+](=O)[O-])cc2c1. The van der Waals surface area contributed by atoms with Crippen molar-refractivity contribution < 1.29 is 29.0 Å². The molecule has 2 aromatic rings. The van der Waals surface area contributed by atoms with E-state index in [-0.39, 0.29) is 13.2 Å². The van der Waals surface area contributed by atoms with E-state index in [1.54, 1.807) is 6.92 Å². The summed E-state index contributed by atoms with van der Waals surface area (Å²) in [6.45, 7) is 3.28. The van der Waals surface area contributed by atoms with Crippen LogP contribution in [0.15, 0.2) is 36.4 Å². The number of ether oxygens (including phenoxy) is 2. The molecular weight excluding hydrogens is 366 g/mol. The molecule has 1 unspecified atom stereocenters. The quantitative estimate of drug-likeness (QED) is 0.266. The van der Waals surface area contributed by atoms with Gasteiger partial charge in [-0.2, -0.15) is 0 Å². The Balaban J connectivity index is 1.76. The maximum atomic E-state index is 12.2. The summed E-state index contributed by atoms with van der Waals surface area (Å²) in [5.74, 6) is -1.69. The van der Waals surface area contributed by atoms with E-state index >= 15 is 0 Å². The van der Waals surface area contributed by atoms with Gasteiger partial charge >= 0.3 is 11.9 Å². The maximum absolute atomic E-state index is 12.2. The average Bonchev–Trinajstić information content (AvgIpc) is 2.67. The van der Waals surface area contributed by atoms with Gasteiger partial charge in [0.1, 0.15) is 0 Å². The lowest BCUT2D eigenvalue weighted by atomic mass is 9.97. The average molecular weight is 389 g/mol. The topological polar surface area (TPSA) is 105 Å². The molecule has 2 rings (SSSR count). The van der Waals surface area contributed by atoms with Crippen LogP contribution < -0.4 is 0 Å². The van der Waals surface area contributed by atoms with E-state index in [4.69, 9.17) is 9.47 Å². The predicted octanol–water partition coefficient (Wildman–Crippen LogP) is 3.33. The van der Waals surface area contributed by atoms with Crippen molar-refractivity contribution in [3.63, 3.8) is 0 Å². The van der Waals surface area contributed by atoms with E-state index in [9.17, 15) is 19.7 Å². The van der Waals surface area contributed by atoms with Crippen LogP contribution >= 0.6 is 0 Å². The van der Waals surface area contributed by atoms with Crippen LogP contribution in [-0.2, 0) is 23.9 Å². The standard InChI is InChI=1S/C20H23NO7/c1-14-5-6-16-7-8-17(12-18(16)11-14)15(2)20(23)27-13-19(22)26-9-3-4-10-28-21(24)25/h5-8,11-12,15H,3-4,9-10,13H2,1-2H3. The number of benzene rings is 2. The zero-order chi connectivity index (χ0) is 20.5. The van der Waals surface area contributed by atoms with E-state index in [2.05, 4.69) is 4.84 Å². The van der Waals surface area contributed by atoms with Crippen molar-refractivity contribution in [2.24, 2.45) is 0 Å². The van der Waals surface area contributed by atoms with Crippen molar-refractivity contribution in [2.45, 2.75) is 32.6 Å². The summed E-state index contributed by atoms with van der Waals surface area (Å²) >= 11 is 0. The third kappa shape index (κ3) is 6.53. The van der Waals surface area contributed by atoms with Gasteiger partial charge in [-0.25, -0.2) is 4.79 Å². The fourth-order valence-electron chi connectivity index (χ4n) is 2.62. The van der Waals surface area contributed by atoms with Crippen molar-refractivity contribution in [2.75, 3.05) is 19.8 Å². The molecule has 0 amide bonds. The zero-order valence-corrected chi connectivity index (χ0v) is 15.9.